The van der Waals surface area contributed by atoms with Crippen molar-refractivity contribution in [1.29, 1.82) is 0 Å². The van der Waals surface area contributed by atoms with Crippen molar-refractivity contribution in [3.05, 3.63) is 71.8 Å². The number of hydrogen-bond acceptors (Lipinski definition) is 5. The molecule has 0 unspecified atom stereocenters. The van der Waals surface area contributed by atoms with E-state index in [4.69, 9.17) is 14.2 Å². The van der Waals surface area contributed by atoms with Crippen LogP contribution >= 0.6 is 0 Å². The lowest BCUT2D eigenvalue weighted by atomic mass is 10.2. The topological polar surface area (TPSA) is 85.9 Å². The van der Waals surface area contributed by atoms with Crippen LogP contribution in [0.5, 0.6) is 11.5 Å². The normalized spacial score (nSPS) is 17.5. The molecule has 3 rings (SSSR count). The number of benzene rings is 2. The van der Waals surface area contributed by atoms with Gasteiger partial charge in [0.2, 0.25) is 0 Å². The largest absolute Gasteiger partial charge is 0.490 e. The zero-order valence-corrected chi connectivity index (χ0v) is 16.1. The molecular weight excluding hydrogens is 372 g/mol. The lowest BCUT2D eigenvalue weighted by molar-refractivity contribution is 0.0750. The summed E-state index contributed by atoms with van der Waals surface area (Å²) in [4.78, 5) is 24.8. The van der Waals surface area contributed by atoms with Crippen molar-refractivity contribution in [2.75, 3.05) is 39.5 Å². The summed E-state index contributed by atoms with van der Waals surface area (Å²) in [6.45, 7) is 2.00. The molecule has 0 radical (unpaired) electrons. The number of amides is 2. The highest BCUT2D eigenvalue weighted by Gasteiger charge is 2.12. The molecule has 1 aliphatic rings. The zero-order chi connectivity index (χ0) is 20.3. The molecule has 0 fully saturated rings. The summed E-state index contributed by atoms with van der Waals surface area (Å²) < 4.78 is 16.9. The van der Waals surface area contributed by atoms with Crippen LogP contribution in [0, 0.1) is 0 Å². The van der Waals surface area contributed by atoms with Gasteiger partial charge in [-0.15, -0.1) is 0 Å². The van der Waals surface area contributed by atoms with Crippen LogP contribution in [-0.4, -0.2) is 51.3 Å². The second kappa shape index (κ2) is 10.9. The number of fused-ring (bicyclic) bond motifs is 2. The third kappa shape index (κ3) is 6.08. The number of ether oxygens (including phenoxy) is 3. The second-order valence-corrected chi connectivity index (χ2v) is 6.19. The summed E-state index contributed by atoms with van der Waals surface area (Å²) in [6.07, 6.45) is 3.57. The Morgan fingerprint density at radius 1 is 0.621 bits per heavy atom. The van der Waals surface area contributed by atoms with E-state index in [0.29, 0.717) is 62.1 Å². The van der Waals surface area contributed by atoms with Crippen LogP contribution in [-0.2, 0) is 4.74 Å². The van der Waals surface area contributed by atoms with E-state index in [1.807, 2.05) is 12.1 Å². The molecule has 2 N–H and O–H groups in total. The maximum Gasteiger partial charge on any atom is 0.255 e. The molecule has 7 nitrogen and oxygen atoms in total. The van der Waals surface area contributed by atoms with Gasteiger partial charge in [0, 0.05) is 13.1 Å². The fourth-order valence-electron chi connectivity index (χ4n) is 2.74. The van der Waals surface area contributed by atoms with E-state index in [2.05, 4.69) is 10.6 Å². The number of para-hydroxylation sites is 2. The molecule has 29 heavy (non-hydrogen) atoms. The van der Waals surface area contributed by atoms with Gasteiger partial charge in [0.05, 0.1) is 24.3 Å². The van der Waals surface area contributed by atoms with Crippen LogP contribution in [0.25, 0.3) is 0 Å². The Labute approximate surface area is 169 Å². The maximum absolute atomic E-state index is 12.4. The summed E-state index contributed by atoms with van der Waals surface area (Å²) in [6, 6.07) is 14.1. The molecule has 0 aromatic heterocycles. The predicted octanol–water partition coefficient (Wildman–Crippen LogP) is 2.19. The molecule has 0 atom stereocenters. The monoisotopic (exact) mass is 396 g/mol. The van der Waals surface area contributed by atoms with E-state index in [1.165, 1.54) is 0 Å². The molecule has 7 heteroatoms. The lowest BCUT2D eigenvalue weighted by Crippen LogP contribution is -2.25. The quantitative estimate of drug-likeness (QED) is 0.667. The molecule has 1 aliphatic heterocycles. The third-order valence-corrected chi connectivity index (χ3v) is 4.16. The van der Waals surface area contributed by atoms with Gasteiger partial charge in [0.25, 0.3) is 11.8 Å². The highest BCUT2D eigenvalue weighted by Crippen LogP contribution is 2.18. The molecule has 2 aromatic carbocycles. The van der Waals surface area contributed by atoms with Gasteiger partial charge in [-0.2, -0.15) is 0 Å². The molecule has 2 amide bonds. The Morgan fingerprint density at radius 2 is 1.07 bits per heavy atom. The van der Waals surface area contributed by atoms with Crippen LogP contribution < -0.4 is 20.1 Å². The maximum atomic E-state index is 12.4. The van der Waals surface area contributed by atoms with Gasteiger partial charge in [0.1, 0.15) is 24.7 Å². The van der Waals surface area contributed by atoms with E-state index in [0.717, 1.165) is 0 Å². The summed E-state index contributed by atoms with van der Waals surface area (Å²) in [5, 5.41) is 5.62. The average Bonchev–Trinajstić information content (AvgIpc) is 2.75. The van der Waals surface area contributed by atoms with Crippen molar-refractivity contribution in [1.82, 2.24) is 10.6 Å². The highest BCUT2D eigenvalue weighted by molar-refractivity contribution is 5.97. The first-order valence-electron chi connectivity index (χ1n) is 9.48. The molecule has 0 saturated carbocycles. The van der Waals surface area contributed by atoms with E-state index < -0.39 is 0 Å². The van der Waals surface area contributed by atoms with E-state index >= 15 is 0 Å². The number of hydrogen-bond donors (Lipinski definition) is 2. The van der Waals surface area contributed by atoms with E-state index in [9.17, 15) is 9.59 Å². The lowest BCUT2D eigenvalue weighted by Gasteiger charge is -2.12. The number of carbonyl (C=O) groups is 2. The molecule has 0 saturated heterocycles. The SMILES string of the molecule is O=C1NC/C=C/CNC(=O)c2ccccc2OCCOCCOc2ccccc21. The van der Waals surface area contributed by atoms with Crippen LogP contribution in [0.3, 0.4) is 0 Å². The highest BCUT2D eigenvalue weighted by atomic mass is 16.5. The minimum absolute atomic E-state index is 0.226. The van der Waals surface area contributed by atoms with Crippen LogP contribution in [0.1, 0.15) is 20.7 Å². The van der Waals surface area contributed by atoms with Crippen molar-refractivity contribution in [2.24, 2.45) is 0 Å². The molecule has 0 aliphatic carbocycles. The van der Waals surface area contributed by atoms with Gasteiger partial charge in [-0.05, 0) is 24.3 Å². The van der Waals surface area contributed by atoms with Crippen molar-refractivity contribution >= 4 is 11.8 Å². The van der Waals surface area contributed by atoms with Crippen molar-refractivity contribution in [2.45, 2.75) is 0 Å². The van der Waals surface area contributed by atoms with Crippen molar-refractivity contribution in [3.8, 4) is 11.5 Å². The van der Waals surface area contributed by atoms with Gasteiger partial charge < -0.3 is 24.8 Å². The Hall–Kier alpha value is -3.32. The van der Waals surface area contributed by atoms with Gasteiger partial charge in [-0.3, -0.25) is 9.59 Å². The first kappa shape index (κ1) is 20.4. The summed E-state index contributed by atoms with van der Waals surface area (Å²) in [5.74, 6) is 0.562. The molecule has 1 heterocycles. The third-order valence-electron chi connectivity index (χ3n) is 4.16. The van der Waals surface area contributed by atoms with Crippen LogP contribution in [0.4, 0.5) is 0 Å². The fourth-order valence-corrected chi connectivity index (χ4v) is 2.74. The fraction of sp³-hybridized carbons (Fsp3) is 0.273. The minimum atomic E-state index is -0.226. The molecule has 0 spiro atoms. The standard InChI is InChI=1S/C22H24N2O5/c25-21-17-7-1-3-9-19(17)28-15-13-27-14-16-29-20-10-4-2-8-18(20)22(26)24-12-6-5-11-23-21/h1-10H,11-16H2,(H,23,25)(H,24,26)/b6-5+. The molecular formula is C22H24N2O5. The predicted molar refractivity (Wildman–Crippen MR) is 108 cm³/mol. The number of carbonyl (C=O) groups excluding carboxylic acids is 2. The molecule has 2 aromatic rings. The summed E-state index contributed by atoms with van der Waals surface area (Å²) >= 11 is 0. The first-order valence-corrected chi connectivity index (χ1v) is 9.48. The van der Waals surface area contributed by atoms with Gasteiger partial charge in [-0.1, -0.05) is 36.4 Å². The smallest absolute Gasteiger partial charge is 0.255 e. The van der Waals surface area contributed by atoms with Crippen LogP contribution in [0.15, 0.2) is 60.7 Å². The van der Waals surface area contributed by atoms with Gasteiger partial charge in [-0.25, -0.2) is 0 Å². The van der Waals surface area contributed by atoms with E-state index in [1.54, 1.807) is 48.6 Å². The van der Waals surface area contributed by atoms with Gasteiger partial charge >= 0.3 is 0 Å². The Bertz CT molecular complexity index is 796. The zero-order valence-electron chi connectivity index (χ0n) is 16.1. The minimum Gasteiger partial charge on any atom is -0.490 e. The second-order valence-electron chi connectivity index (χ2n) is 6.19. The van der Waals surface area contributed by atoms with Crippen LogP contribution in [0.2, 0.25) is 0 Å². The first-order chi connectivity index (χ1) is 14.3. The number of nitrogens with one attached hydrogen (secondary N) is 2. The van der Waals surface area contributed by atoms with Gasteiger partial charge in [0.15, 0.2) is 0 Å². The van der Waals surface area contributed by atoms with E-state index in [-0.39, 0.29) is 11.8 Å². The Kier molecular flexibility index (Phi) is 7.65. The summed E-state index contributed by atoms with van der Waals surface area (Å²) in [5.41, 5.74) is 0.928. The Morgan fingerprint density at radius 3 is 1.55 bits per heavy atom. The molecule has 0 bridgehead atoms. The van der Waals surface area contributed by atoms with Crippen molar-refractivity contribution in [3.63, 3.8) is 0 Å². The average molecular weight is 396 g/mol. The van der Waals surface area contributed by atoms with Crippen molar-refractivity contribution < 1.29 is 23.8 Å². The number of rotatable bonds is 0. The Balaban J connectivity index is 1.67. The summed E-state index contributed by atoms with van der Waals surface area (Å²) in [7, 11) is 0. The molecule has 152 valence electrons.